The van der Waals surface area contributed by atoms with Gasteiger partial charge in [-0.3, -0.25) is 0 Å². The SMILES string of the molecule is C=C1C=C(C(=C)N)c2ccc(C)cc2O1. The number of fused-ring (bicyclic) bond motifs is 1. The van der Waals surface area contributed by atoms with Crippen molar-refractivity contribution >= 4 is 5.57 Å². The maximum atomic E-state index is 5.72. The van der Waals surface area contributed by atoms with Crippen molar-refractivity contribution in [2.75, 3.05) is 0 Å². The minimum atomic E-state index is 0.532. The van der Waals surface area contributed by atoms with E-state index < -0.39 is 0 Å². The second-order valence-corrected chi connectivity index (χ2v) is 3.65. The van der Waals surface area contributed by atoms with Crippen LogP contribution in [0.2, 0.25) is 0 Å². The molecule has 2 rings (SSSR count). The van der Waals surface area contributed by atoms with Gasteiger partial charge in [0.1, 0.15) is 11.5 Å². The van der Waals surface area contributed by atoms with Gasteiger partial charge in [0.15, 0.2) is 0 Å². The highest BCUT2D eigenvalue weighted by atomic mass is 16.5. The average molecular weight is 199 g/mol. The summed E-state index contributed by atoms with van der Waals surface area (Å²) in [5, 5.41) is 0. The first-order valence-corrected chi connectivity index (χ1v) is 4.72. The highest BCUT2D eigenvalue weighted by Gasteiger charge is 2.16. The fourth-order valence-corrected chi connectivity index (χ4v) is 1.61. The van der Waals surface area contributed by atoms with Gasteiger partial charge in [0.2, 0.25) is 0 Å². The topological polar surface area (TPSA) is 35.2 Å². The number of ether oxygens (including phenoxy) is 1. The summed E-state index contributed by atoms with van der Waals surface area (Å²) in [7, 11) is 0. The van der Waals surface area contributed by atoms with E-state index in [4.69, 9.17) is 10.5 Å². The Hall–Kier alpha value is -1.96. The third-order valence-corrected chi connectivity index (χ3v) is 2.32. The Morgan fingerprint density at radius 1 is 1.40 bits per heavy atom. The molecule has 1 aromatic rings. The molecule has 76 valence electrons. The maximum Gasteiger partial charge on any atom is 0.135 e. The second-order valence-electron chi connectivity index (χ2n) is 3.65. The number of hydrogen-bond acceptors (Lipinski definition) is 2. The van der Waals surface area contributed by atoms with Crippen molar-refractivity contribution in [3.8, 4) is 5.75 Å². The minimum Gasteiger partial charge on any atom is -0.457 e. The Labute approximate surface area is 89.4 Å². The van der Waals surface area contributed by atoms with Crippen LogP contribution in [-0.2, 0) is 0 Å². The fourth-order valence-electron chi connectivity index (χ4n) is 1.61. The van der Waals surface area contributed by atoms with Gasteiger partial charge in [-0.1, -0.05) is 25.3 Å². The zero-order valence-corrected chi connectivity index (χ0v) is 8.71. The first-order valence-electron chi connectivity index (χ1n) is 4.72. The number of benzene rings is 1. The van der Waals surface area contributed by atoms with E-state index in [1.54, 1.807) is 6.08 Å². The summed E-state index contributed by atoms with van der Waals surface area (Å²) in [6, 6.07) is 5.98. The summed E-state index contributed by atoms with van der Waals surface area (Å²) in [6.45, 7) is 9.54. The van der Waals surface area contributed by atoms with Crippen LogP contribution >= 0.6 is 0 Å². The molecule has 0 saturated carbocycles. The first-order chi connectivity index (χ1) is 7.08. The number of aryl methyl sites for hydroxylation is 1. The van der Waals surface area contributed by atoms with Crippen molar-refractivity contribution in [1.29, 1.82) is 0 Å². The van der Waals surface area contributed by atoms with Gasteiger partial charge >= 0.3 is 0 Å². The quantitative estimate of drug-likeness (QED) is 0.754. The second kappa shape index (κ2) is 3.31. The molecule has 1 aliphatic heterocycles. The molecular weight excluding hydrogens is 186 g/mol. The van der Waals surface area contributed by atoms with Crippen LogP contribution in [0, 0.1) is 6.92 Å². The van der Waals surface area contributed by atoms with E-state index in [-0.39, 0.29) is 0 Å². The minimum absolute atomic E-state index is 0.532. The zero-order chi connectivity index (χ0) is 11.0. The van der Waals surface area contributed by atoms with Crippen molar-refractivity contribution in [3.63, 3.8) is 0 Å². The van der Waals surface area contributed by atoms with Crippen LogP contribution in [0.25, 0.3) is 5.57 Å². The lowest BCUT2D eigenvalue weighted by Gasteiger charge is -2.20. The van der Waals surface area contributed by atoms with E-state index in [2.05, 4.69) is 13.2 Å². The Kier molecular flexibility index (Phi) is 2.12. The standard InChI is InChI=1S/C13H13NO/c1-8-4-5-11-12(10(3)14)7-9(2)15-13(11)6-8/h4-7H,2-3,14H2,1H3. The predicted octanol–water partition coefficient (Wildman–Crippen LogP) is 2.76. The molecule has 0 amide bonds. The Bertz CT molecular complexity index is 483. The predicted molar refractivity (Wildman–Crippen MR) is 62.3 cm³/mol. The van der Waals surface area contributed by atoms with Crippen LogP contribution < -0.4 is 10.5 Å². The van der Waals surface area contributed by atoms with Crippen molar-refractivity contribution in [2.45, 2.75) is 6.92 Å². The van der Waals surface area contributed by atoms with Gasteiger partial charge in [-0.15, -0.1) is 0 Å². The summed E-state index contributed by atoms with van der Waals surface area (Å²) >= 11 is 0. The van der Waals surface area contributed by atoms with Crippen LogP contribution in [0.3, 0.4) is 0 Å². The number of rotatable bonds is 1. The molecule has 0 fully saturated rings. The summed E-state index contributed by atoms with van der Waals surface area (Å²) < 4.78 is 5.53. The van der Waals surface area contributed by atoms with Gasteiger partial charge in [0.25, 0.3) is 0 Å². The highest BCUT2D eigenvalue weighted by molar-refractivity contribution is 5.84. The van der Waals surface area contributed by atoms with Gasteiger partial charge in [-0.05, 0) is 24.6 Å². The van der Waals surface area contributed by atoms with Crippen molar-refractivity contribution in [1.82, 2.24) is 0 Å². The van der Waals surface area contributed by atoms with Crippen LogP contribution in [0.5, 0.6) is 5.75 Å². The van der Waals surface area contributed by atoms with Gasteiger partial charge < -0.3 is 10.5 Å². The first kappa shape index (κ1) is 9.59. The summed E-state index contributed by atoms with van der Waals surface area (Å²) in [6.07, 6.45) is 1.81. The molecule has 0 atom stereocenters. The molecule has 0 unspecified atom stereocenters. The molecular formula is C13H13NO. The summed E-state index contributed by atoms with van der Waals surface area (Å²) in [5.41, 5.74) is 9.26. The molecule has 1 heterocycles. The molecule has 0 aromatic heterocycles. The van der Waals surface area contributed by atoms with E-state index in [0.717, 1.165) is 22.4 Å². The van der Waals surface area contributed by atoms with E-state index in [0.29, 0.717) is 11.5 Å². The van der Waals surface area contributed by atoms with E-state index >= 15 is 0 Å². The van der Waals surface area contributed by atoms with Crippen LogP contribution in [-0.4, -0.2) is 0 Å². The molecule has 0 bridgehead atoms. The molecule has 15 heavy (non-hydrogen) atoms. The molecule has 0 spiro atoms. The number of allylic oxidation sites excluding steroid dienone is 2. The van der Waals surface area contributed by atoms with Gasteiger partial charge in [-0.2, -0.15) is 0 Å². The van der Waals surface area contributed by atoms with Gasteiger partial charge in [0, 0.05) is 16.8 Å². The molecule has 0 aliphatic carbocycles. The Balaban J connectivity index is 2.61. The van der Waals surface area contributed by atoms with Crippen molar-refractivity contribution in [2.24, 2.45) is 5.73 Å². The van der Waals surface area contributed by atoms with Crippen molar-refractivity contribution < 1.29 is 4.74 Å². The van der Waals surface area contributed by atoms with E-state index in [1.807, 2.05) is 25.1 Å². The lowest BCUT2D eigenvalue weighted by atomic mass is 9.98. The summed E-state index contributed by atoms with van der Waals surface area (Å²) in [5.74, 6) is 1.39. The maximum absolute atomic E-state index is 5.72. The van der Waals surface area contributed by atoms with Crippen LogP contribution in [0.1, 0.15) is 11.1 Å². The zero-order valence-electron chi connectivity index (χ0n) is 8.71. The van der Waals surface area contributed by atoms with Crippen LogP contribution in [0.4, 0.5) is 0 Å². The lowest BCUT2D eigenvalue weighted by Crippen LogP contribution is -2.07. The van der Waals surface area contributed by atoms with E-state index in [9.17, 15) is 0 Å². The third kappa shape index (κ3) is 1.66. The monoisotopic (exact) mass is 199 g/mol. The molecule has 0 radical (unpaired) electrons. The van der Waals surface area contributed by atoms with Gasteiger partial charge in [-0.25, -0.2) is 0 Å². The normalized spacial score (nSPS) is 13.9. The van der Waals surface area contributed by atoms with E-state index in [1.165, 1.54) is 0 Å². The molecule has 2 nitrogen and oxygen atoms in total. The highest BCUT2D eigenvalue weighted by Crippen LogP contribution is 2.35. The Morgan fingerprint density at radius 2 is 2.13 bits per heavy atom. The smallest absolute Gasteiger partial charge is 0.135 e. The molecule has 0 saturated heterocycles. The molecule has 1 aromatic carbocycles. The molecule has 1 aliphatic rings. The summed E-state index contributed by atoms with van der Waals surface area (Å²) in [4.78, 5) is 0. The Morgan fingerprint density at radius 3 is 2.80 bits per heavy atom. The molecule has 2 N–H and O–H groups in total. The molecule has 2 heteroatoms. The fraction of sp³-hybridized carbons (Fsp3) is 0.0769. The lowest BCUT2D eigenvalue weighted by molar-refractivity contribution is 0.441. The third-order valence-electron chi connectivity index (χ3n) is 2.32. The van der Waals surface area contributed by atoms with Crippen LogP contribution in [0.15, 0.2) is 48.9 Å². The number of hydrogen-bond donors (Lipinski definition) is 1. The number of nitrogens with two attached hydrogens (primary N) is 1. The van der Waals surface area contributed by atoms with Crippen molar-refractivity contribution in [3.05, 3.63) is 60.0 Å². The average Bonchev–Trinajstić information content (AvgIpc) is 2.15. The largest absolute Gasteiger partial charge is 0.457 e. The van der Waals surface area contributed by atoms with Gasteiger partial charge in [0.05, 0.1) is 0 Å².